The van der Waals surface area contributed by atoms with Gasteiger partial charge in [-0.15, -0.1) is 0 Å². The van der Waals surface area contributed by atoms with Gasteiger partial charge in [0.05, 0.1) is 6.61 Å². The smallest absolute Gasteiger partial charge is 0.334 e. The number of carbonyl (C=O) groups is 1. The quantitative estimate of drug-likeness (QED) is 0.0419. The number of hydrogen-bond acceptors (Lipinski definition) is 5. The van der Waals surface area contributed by atoms with Crippen LogP contribution in [0.5, 0.6) is 5.75 Å². The minimum atomic E-state index is -0.620. The Bertz CT molecular complexity index is 2000. The maximum atomic E-state index is 13.8. The number of carbonyl (C=O) groups excluding carboxylic acids is 1. The van der Waals surface area contributed by atoms with Crippen molar-refractivity contribution in [1.29, 1.82) is 0 Å². The molecule has 0 aliphatic heterocycles. The summed E-state index contributed by atoms with van der Waals surface area (Å²) in [5, 5.41) is 5.65. The molecule has 0 radical (unpaired) electrons. The number of halogens is 2. The third-order valence-electron chi connectivity index (χ3n) is 12.8. The molecule has 7 heteroatoms. The van der Waals surface area contributed by atoms with Crippen molar-refractivity contribution in [1.82, 2.24) is 5.32 Å². The lowest BCUT2D eigenvalue weighted by Gasteiger charge is -2.25. The summed E-state index contributed by atoms with van der Waals surface area (Å²) in [5.41, 5.74) is 7.78. The SMILES string of the molecule is CC.CC/C=C(C)\C(=C(\C)C(C)CC)c1c(Cl)ccc(/C(CCCOc2cccc3cc(F)ccc23)=C(\CC)C(=O)OC(C)(C)C)c1C.CCCC(C)CC.CCCC1CC1.CCCNCCC.CCCOC. The predicted molar refractivity (Wildman–Crippen MR) is 323 cm³/mol. The van der Waals surface area contributed by atoms with Crippen LogP contribution in [0.15, 0.2) is 71.3 Å². The minimum absolute atomic E-state index is 0.274. The molecule has 418 valence electrons. The van der Waals surface area contributed by atoms with Crippen LogP contribution in [0.4, 0.5) is 4.39 Å². The van der Waals surface area contributed by atoms with Gasteiger partial charge >= 0.3 is 5.97 Å². The molecule has 1 aliphatic carbocycles. The number of rotatable bonds is 24. The van der Waals surface area contributed by atoms with Gasteiger partial charge in [-0.05, 0) is 187 Å². The van der Waals surface area contributed by atoms with E-state index in [0.717, 1.165) is 70.7 Å². The molecule has 1 saturated carbocycles. The molecule has 0 aromatic heterocycles. The summed E-state index contributed by atoms with van der Waals surface area (Å²) in [6.07, 6.45) is 19.6. The fourth-order valence-electron chi connectivity index (χ4n) is 8.22. The second-order valence-corrected chi connectivity index (χ2v) is 20.8. The number of nitrogens with one attached hydrogen (secondary N) is 1. The number of hydrogen-bond donors (Lipinski definition) is 1. The van der Waals surface area contributed by atoms with Crippen LogP contribution in [-0.4, -0.2) is 45.0 Å². The molecule has 0 spiro atoms. The maximum Gasteiger partial charge on any atom is 0.334 e. The molecule has 1 aliphatic rings. The highest BCUT2D eigenvalue weighted by molar-refractivity contribution is 6.33. The van der Waals surface area contributed by atoms with Gasteiger partial charge in [0, 0.05) is 35.3 Å². The Morgan fingerprint density at radius 3 is 1.95 bits per heavy atom. The number of ether oxygens (including phenoxy) is 3. The summed E-state index contributed by atoms with van der Waals surface area (Å²) in [4.78, 5) is 13.7. The van der Waals surface area contributed by atoms with Crippen molar-refractivity contribution in [2.45, 2.75) is 233 Å². The zero-order valence-electron chi connectivity index (χ0n) is 50.8. The van der Waals surface area contributed by atoms with Crippen molar-refractivity contribution in [3.05, 3.63) is 98.9 Å². The van der Waals surface area contributed by atoms with Crippen molar-refractivity contribution in [3.63, 3.8) is 0 Å². The molecule has 2 atom stereocenters. The number of methoxy groups -OCH3 is 1. The molecule has 0 saturated heterocycles. The van der Waals surface area contributed by atoms with Crippen molar-refractivity contribution in [2.75, 3.05) is 33.4 Å². The first-order valence-electron chi connectivity index (χ1n) is 28.9. The number of benzene rings is 3. The molecule has 3 aromatic carbocycles. The van der Waals surface area contributed by atoms with Crippen LogP contribution in [0.3, 0.4) is 0 Å². The second-order valence-electron chi connectivity index (χ2n) is 20.4. The molecule has 3 aromatic rings. The van der Waals surface area contributed by atoms with Crippen LogP contribution in [0.2, 0.25) is 5.02 Å². The van der Waals surface area contributed by atoms with E-state index in [0.29, 0.717) is 48.1 Å². The van der Waals surface area contributed by atoms with Gasteiger partial charge in [0.1, 0.15) is 17.2 Å². The molecule has 4 rings (SSSR count). The summed E-state index contributed by atoms with van der Waals surface area (Å²) in [6, 6.07) is 14.4. The zero-order valence-corrected chi connectivity index (χ0v) is 51.5. The van der Waals surface area contributed by atoms with Gasteiger partial charge < -0.3 is 19.5 Å². The minimum Gasteiger partial charge on any atom is -0.493 e. The van der Waals surface area contributed by atoms with E-state index < -0.39 is 5.60 Å². The van der Waals surface area contributed by atoms with Crippen molar-refractivity contribution >= 4 is 39.5 Å². The molecular weight excluding hydrogens is 925 g/mol. The molecule has 5 nitrogen and oxygen atoms in total. The summed E-state index contributed by atoms with van der Waals surface area (Å²) in [6.45, 7) is 44.0. The highest BCUT2D eigenvalue weighted by Crippen LogP contribution is 2.41. The highest BCUT2D eigenvalue weighted by atomic mass is 35.5. The van der Waals surface area contributed by atoms with E-state index in [4.69, 9.17) is 25.8 Å². The Labute approximate surface area is 455 Å². The van der Waals surface area contributed by atoms with E-state index in [-0.39, 0.29) is 11.8 Å². The van der Waals surface area contributed by atoms with Gasteiger partial charge in [-0.1, -0.05) is 176 Å². The molecule has 1 N–H and O–H groups in total. The first kappa shape index (κ1) is 71.6. The lowest BCUT2D eigenvalue weighted by Crippen LogP contribution is -2.25. The fourth-order valence-corrected chi connectivity index (χ4v) is 8.52. The van der Waals surface area contributed by atoms with Gasteiger partial charge in [0.2, 0.25) is 0 Å². The number of fused-ring (bicyclic) bond motifs is 1. The van der Waals surface area contributed by atoms with Crippen molar-refractivity contribution in [2.24, 2.45) is 17.8 Å². The molecule has 1 fully saturated rings. The Hall–Kier alpha value is -3.45. The van der Waals surface area contributed by atoms with E-state index in [1.807, 2.05) is 71.9 Å². The maximum absolute atomic E-state index is 13.8. The summed E-state index contributed by atoms with van der Waals surface area (Å²) >= 11 is 7.04. The summed E-state index contributed by atoms with van der Waals surface area (Å²) in [5.74, 6) is 2.62. The topological polar surface area (TPSA) is 56.8 Å². The monoisotopic (exact) mass is 1040 g/mol. The average Bonchev–Trinajstić information content (AvgIpc) is 4.19. The third kappa shape index (κ3) is 30.0. The lowest BCUT2D eigenvalue weighted by molar-refractivity contribution is -0.149. The third-order valence-corrected chi connectivity index (χ3v) is 13.1. The molecule has 0 bridgehead atoms. The highest BCUT2D eigenvalue weighted by Gasteiger charge is 2.26. The fraction of sp³-hybridized carbons (Fsp3) is 0.652. The van der Waals surface area contributed by atoms with E-state index in [2.05, 4.69) is 101 Å². The summed E-state index contributed by atoms with van der Waals surface area (Å²) < 4.78 is 30.7. The lowest BCUT2D eigenvalue weighted by atomic mass is 9.82. The first-order chi connectivity index (χ1) is 34.8. The zero-order chi connectivity index (χ0) is 55.9. The van der Waals surface area contributed by atoms with Crippen LogP contribution in [0.1, 0.15) is 238 Å². The van der Waals surface area contributed by atoms with E-state index in [9.17, 15) is 9.18 Å². The Kier molecular flexibility index (Phi) is 41.9. The van der Waals surface area contributed by atoms with Crippen LogP contribution in [0.25, 0.3) is 21.9 Å². The van der Waals surface area contributed by atoms with Crippen LogP contribution in [-0.2, 0) is 14.3 Å². The van der Waals surface area contributed by atoms with Crippen LogP contribution in [0, 0.1) is 30.5 Å². The molecule has 0 amide bonds. The van der Waals surface area contributed by atoms with Gasteiger partial charge in [0.15, 0.2) is 0 Å². The number of allylic oxidation sites excluding steroid dienone is 5. The largest absolute Gasteiger partial charge is 0.493 e. The van der Waals surface area contributed by atoms with Crippen LogP contribution < -0.4 is 10.1 Å². The van der Waals surface area contributed by atoms with Crippen molar-refractivity contribution in [3.8, 4) is 5.75 Å². The van der Waals surface area contributed by atoms with Gasteiger partial charge in [-0.2, -0.15) is 0 Å². The van der Waals surface area contributed by atoms with E-state index >= 15 is 0 Å². The molecule has 2 unspecified atom stereocenters. The van der Waals surface area contributed by atoms with E-state index in [1.165, 1.54) is 99.7 Å². The molecular formula is C66H111ClFNO4. The second kappa shape index (κ2) is 42.7. The van der Waals surface area contributed by atoms with Crippen LogP contribution >= 0.6 is 11.6 Å². The van der Waals surface area contributed by atoms with Gasteiger partial charge in [-0.25, -0.2) is 9.18 Å². The standard InChI is InChI=1S/C41H52ClFO3.C7H16.C6H15N.C6H12.C4H10O.C2H6/c1-11-16-27(5)38(28(6)26(4)12-2)39-29(7)33(22-23-36(39)42)35(32(13-3)40(44)46-41(8,9)10)18-15-24-45-37-19-14-17-30-25-31(43)20-21-34(30)37;1-4-6-7(3)5-2;1-3-5-7-6-4-2;1-2-3-6-4-5-6;1-3-4-5-2;1-2/h14,16-17,19-23,25-26H,11-13,15,18,24H2,1-10H3;7H,4-6H2,1-3H3;7H,3-6H2,1-2H3;6H,2-5H2,1H3;3-4H2,1-2H3;1-2H3/b27-16-,35-32+,38-28+;;;;;. The van der Waals surface area contributed by atoms with Gasteiger partial charge in [0.25, 0.3) is 0 Å². The normalized spacial score (nSPS) is 13.6. The predicted octanol–water partition coefficient (Wildman–Crippen LogP) is 21.0. The molecule has 73 heavy (non-hydrogen) atoms. The van der Waals surface area contributed by atoms with Crippen molar-refractivity contribution < 1.29 is 23.4 Å². The molecule has 0 heterocycles. The Morgan fingerprint density at radius 1 is 0.849 bits per heavy atom. The Balaban J connectivity index is 0. The van der Waals surface area contributed by atoms with E-state index in [1.54, 1.807) is 13.2 Å². The van der Waals surface area contributed by atoms with Gasteiger partial charge in [-0.3, -0.25) is 0 Å². The Morgan fingerprint density at radius 2 is 1.49 bits per heavy atom. The first-order valence-corrected chi connectivity index (χ1v) is 29.3. The average molecular weight is 1040 g/mol. The number of esters is 1. The summed E-state index contributed by atoms with van der Waals surface area (Å²) in [7, 11) is 1.71.